The highest BCUT2D eigenvalue weighted by molar-refractivity contribution is 5.76. The Kier molecular flexibility index (Phi) is 55.0. The van der Waals surface area contributed by atoms with Crippen molar-refractivity contribution in [1.29, 1.82) is 0 Å². The third kappa shape index (κ3) is 52.0. The molecule has 0 fully saturated rings. The average molecular weight is 933 g/mol. The number of carbonyl (C=O) groups is 2. The number of allylic oxidation sites excluding steroid dienone is 2. The van der Waals surface area contributed by atoms with Crippen molar-refractivity contribution in [2.45, 2.75) is 347 Å². The molecular formula is C60H117NO5. The second-order valence-corrected chi connectivity index (χ2v) is 20.7. The van der Waals surface area contributed by atoms with E-state index in [0.29, 0.717) is 25.9 Å². The van der Waals surface area contributed by atoms with Crippen LogP contribution < -0.4 is 5.32 Å². The highest BCUT2D eigenvalue weighted by Gasteiger charge is 2.20. The van der Waals surface area contributed by atoms with Gasteiger partial charge in [-0.15, -0.1) is 0 Å². The molecule has 0 aliphatic heterocycles. The molecule has 0 rings (SSSR count). The Morgan fingerprint density at radius 1 is 0.409 bits per heavy atom. The van der Waals surface area contributed by atoms with Gasteiger partial charge in [0.1, 0.15) is 0 Å². The van der Waals surface area contributed by atoms with Crippen LogP contribution in [0.5, 0.6) is 0 Å². The van der Waals surface area contributed by atoms with Crippen LogP contribution in [-0.2, 0) is 14.3 Å². The molecule has 0 aliphatic carbocycles. The van der Waals surface area contributed by atoms with Crippen molar-refractivity contribution in [1.82, 2.24) is 5.32 Å². The van der Waals surface area contributed by atoms with Crippen molar-refractivity contribution in [2.24, 2.45) is 0 Å². The molecule has 0 aliphatic rings. The largest absolute Gasteiger partial charge is 0.466 e. The van der Waals surface area contributed by atoms with Gasteiger partial charge in [0.15, 0.2) is 0 Å². The van der Waals surface area contributed by atoms with Gasteiger partial charge in [-0.1, -0.05) is 283 Å². The number of hydrogen-bond acceptors (Lipinski definition) is 5. The second kappa shape index (κ2) is 56.2. The molecule has 0 spiro atoms. The van der Waals surface area contributed by atoms with E-state index in [4.69, 9.17) is 4.74 Å². The van der Waals surface area contributed by atoms with Gasteiger partial charge in [0.05, 0.1) is 25.4 Å². The lowest BCUT2D eigenvalue weighted by Crippen LogP contribution is -2.45. The molecule has 0 aromatic rings. The number of carbonyl (C=O) groups excluding carboxylic acids is 2. The molecule has 0 aromatic carbocycles. The van der Waals surface area contributed by atoms with E-state index in [-0.39, 0.29) is 18.5 Å². The maximum absolute atomic E-state index is 12.4. The fraction of sp³-hybridized carbons (Fsp3) is 0.933. The van der Waals surface area contributed by atoms with Crippen molar-refractivity contribution >= 4 is 11.9 Å². The summed E-state index contributed by atoms with van der Waals surface area (Å²) in [5.74, 6) is -0.0286. The average Bonchev–Trinajstić information content (AvgIpc) is 3.32. The number of amides is 1. The minimum atomic E-state index is -0.662. The summed E-state index contributed by atoms with van der Waals surface area (Å²) in [5, 5.41) is 23.2. The van der Waals surface area contributed by atoms with Gasteiger partial charge in [-0.25, -0.2) is 0 Å². The van der Waals surface area contributed by atoms with Crippen LogP contribution in [0.4, 0.5) is 0 Å². The summed E-state index contributed by atoms with van der Waals surface area (Å²) in [5.41, 5.74) is 0. The fourth-order valence-corrected chi connectivity index (χ4v) is 9.46. The maximum Gasteiger partial charge on any atom is 0.305 e. The van der Waals surface area contributed by atoms with Crippen LogP contribution in [0.3, 0.4) is 0 Å². The lowest BCUT2D eigenvalue weighted by molar-refractivity contribution is -0.143. The Hall–Kier alpha value is -1.40. The zero-order chi connectivity index (χ0) is 47.9. The van der Waals surface area contributed by atoms with Gasteiger partial charge in [0, 0.05) is 12.8 Å². The molecule has 0 radical (unpaired) electrons. The van der Waals surface area contributed by atoms with E-state index in [1.807, 2.05) is 0 Å². The van der Waals surface area contributed by atoms with Gasteiger partial charge in [-0.2, -0.15) is 0 Å². The number of ether oxygens (including phenoxy) is 1. The first-order valence-electron chi connectivity index (χ1n) is 29.9. The molecule has 6 heteroatoms. The maximum atomic E-state index is 12.4. The van der Waals surface area contributed by atoms with Crippen LogP contribution >= 0.6 is 0 Å². The molecule has 0 heterocycles. The number of aliphatic hydroxyl groups is 2. The van der Waals surface area contributed by atoms with Gasteiger partial charge in [-0.3, -0.25) is 9.59 Å². The monoisotopic (exact) mass is 932 g/mol. The van der Waals surface area contributed by atoms with E-state index in [1.165, 1.54) is 257 Å². The Morgan fingerprint density at radius 3 is 1.08 bits per heavy atom. The minimum absolute atomic E-state index is 0.00635. The molecule has 2 unspecified atom stereocenters. The predicted molar refractivity (Wildman–Crippen MR) is 287 cm³/mol. The molecular weight excluding hydrogens is 815 g/mol. The van der Waals surface area contributed by atoms with Gasteiger partial charge in [-0.05, 0) is 51.4 Å². The highest BCUT2D eigenvalue weighted by Crippen LogP contribution is 2.18. The third-order valence-corrected chi connectivity index (χ3v) is 14.1. The van der Waals surface area contributed by atoms with Gasteiger partial charge in [0.25, 0.3) is 0 Å². The second-order valence-electron chi connectivity index (χ2n) is 20.7. The Bertz CT molecular complexity index is 986. The molecule has 0 aromatic heterocycles. The van der Waals surface area contributed by atoms with Crippen LogP contribution in [0.25, 0.3) is 0 Å². The Labute approximate surface area is 412 Å². The normalized spacial score (nSPS) is 12.6. The summed E-state index contributed by atoms with van der Waals surface area (Å²) in [6, 6.07) is -0.539. The quantitative estimate of drug-likeness (QED) is 0.0321. The Balaban J connectivity index is 3.35. The van der Waals surface area contributed by atoms with E-state index < -0.39 is 12.1 Å². The smallest absolute Gasteiger partial charge is 0.305 e. The molecule has 6 nitrogen and oxygen atoms in total. The summed E-state index contributed by atoms with van der Waals surface area (Å²) >= 11 is 0. The summed E-state index contributed by atoms with van der Waals surface area (Å²) in [7, 11) is 0. The lowest BCUT2D eigenvalue weighted by atomic mass is 10.0. The summed E-state index contributed by atoms with van der Waals surface area (Å²) in [6.07, 6.45) is 66.4. The molecule has 0 bridgehead atoms. The van der Waals surface area contributed by atoms with Crippen LogP contribution in [0.1, 0.15) is 335 Å². The van der Waals surface area contributed by atoms with Crippen LogP contribution in [0.2, 0.25) is 0 Å². The summed E-state index contributed by atoms with van der Waals surface area (Å²) in [6.45, 7) is 4.95. The van der Waals surface area contributed by atoms with E-state index in [2.05, 4.69) is 31.3 Å². The molecule has 66 heavy (non-hydrogen) atoms. The molecule has 2 atom stereocenters. The van der Waals surface area contributed by atoms with Crippen molar-refractivity contribution in [2.75, 3.05) is 13.2 Å². The summed E-state index contributed by atoms with van der Waals surface area (Å²) < 4.78 is 5.48. The number of aliphatic hydroxyl groups excluding tert-OH is 2. The lowest BCUT2D eigenvalue weighted by Gasteiger charge is -2.22. The molecule has 392 valence electrons. The van der Waals surface area contributed by atoms with E-state index in [0.717, 1.165) is 44.9 Å². The van der Waals surface area contributed by atoms with Crippen LogP contribution in [-0.4, -0.2) is 47.4 Å². The molecule has 0 saturated carbocycles. The first kappa shape index (κ1) is 64.6. The van der Waals surface area contributed by atoms with E-state index >= 15 is 0 Å². The fourth-order valence-electron chi connectivity index (χ4n) is 9.46. The first-order chi connectivity index (χ1) is 32.5. The predicted octanol–water partition coefficient (Wildman–Crippen LogP) is 18.5. The van der Waals surface area contributed by atoms with E-state index in [1.54, 1.807) is 0 Å². The van der Waals surface area contributed by atoms with Crippen LogP contribution in [0, 0.1) is 0 Å². The van der Waals surface area contributed by atoms with Crippen molar-refractivity contribution in [3.05, 3.63) is 12.2 Å². The summed E-state index contributed by atoms with van der Waals surface area (Å²) in [4.78, 5) is 24.5. The number of rotatable bonds is 56. The Morgan fingerprint density at radius 2 is 0.712 bits per heavy atom. The van der Waals surface area contributed by atoms with Crippen LogP contribution in [0.15, 0.2) is 12.2 Å². The highest BCUT2D eigenvalue weighted by atomic mass is 16.5. The van der Waals surface area contributed by atoms with Gasteiger partial charge < -0.3 is 20.3 Å². The number of unbranched alkanes of at least 4 members (excludes halogenated alkanes) is 43. The molecule has 0 saturated heterocycles. The molecule has 3 N–H and O–H groups in total. The van der Waals surface area contributed by atoms with Gasteiger partial charge in [0.2, 0.25) is 5.91 Å². The SMILES string of the molecule is CCCCCCCCC/C=C\CCCCCCCC(=O)OCCCCCCCCCCCCCCCCCCCCCCCCC(=O)NC(CO)C(O)CCCCCCCCCCCCC. The number of hydrogen-bond donors (Lipinski definition) is 3. The van der Waals surface area contributed by atoms with Crippen molar-refractivity contribution in [3.63, 3.8) is 0 Å². The number of esters is 1. The molecule has 1 amide bonds. The first-order valence-corrected chi connectivity index (χ1v) is 29.9. The number of nitrogens with one attached hydrogen (secondary N) is 1. The zero-order valence-corrected chi connectivity index (χ0v) is 44.7. The standard InChI is InChI=1S/C60H117NO5/c1-3-5-7-9-11-13-15-16-17-27-30-34-38-42-46-50-54-60(65)66-55-51-47-43-39-35-31-28-25-23-21-19-18-20-22-24-26-29-33-37-41-45-49-53-59(64)61-57(56-62)58(63)52-48-44-40-36-32-14-12-10-8-6-4-2/h17,27,57-58,62-63H,3-16,18-26,28-56H2,1-2H3,(H,61,64)/b27-17-. The van der Waals surface area contributed by atoms with Gasteiger partial charge >= 0.3 is 5.97 Å². The van der Waals surface area contributed by atoms with E-state index in [9.17, 15) is 19.8 Å². The van der Waals surface area contributed by atoms with Crippen molar-refractivity contribution in [3.8, 4) is 0 Å². The zero-order valence-electron chi connectivity index (χ0n) is 44.7. The van der Waals surface area contributed by atoms with Crippen molar-refractivity contribution < 1.29 is 24.5 Å². The minimum Gasteiger partial charge on any atom is -0.466 e. The third-order valence-electron chi connectivity index (χ3n) is 14.1. The topological polar surface area (TPSA) is 95.9 Å².